The van der Waals surface area contributed by atoms with Crippen molar-refractivity contribution in [3.63, 3.8) is 0 Å². The van der Waals surface area contributed by atoms with Crippen LogP contribution in [0.5, 0.6) is 0 Å². The van der Waals surface area contributed by atoms with Crippen LogP contribution in [0, 0.1) is 0 Å². The quantitative estimate of drug-likeness (QED) is 0.872. The van der Waals surface area contributed by atoms with Crippen molar-refractivity contribution in [1.82, 2.24) is 19.8 Å². The number of likely N-dealkylation sites (tertiary alicyclic amines) is 2. The van der Waals surface area contributed by atoms with Crippen LogP contribution in [0.3, 0.4) is 0 Å². The zero-order valence-electron chi connectivity index (χ0n) is 17.2. The molecule has 6 nitrogen and oxygen atoms in total. The molecule has 2 aliphatic rings. The molecule has 0 aromatic carbocycles. The van der Waals surface area contributed by atoms with Gasteiger partial charge in [-0.2, -0.15) is 0 Å². The first kappa shape index (κ1) is 19.2. The van der Waals surface area contributed by atoms with Crippen molar-refractivity contribution in [2.75, 3.05) is 19.6 Å². The largest absolute Gasteiger partial charge is 0.444 e. The molecule has 0 aliphatic carbocycles. The molecule has 1 atom stereocenters. The number of aromatic nitrogens is 2. The second-order valence-corrected chi connectivity index (χ2v) is 9.90. The number of carbonyl (C=O) groups is 1. The van der Waals surface area contributed by atoms with Crippen LogP contribution >= 0.6 is 0 Å². The van der Waals surface area contributed by atoms with Crippen LogP contribution in [0.25, 0.3) is 0 Å². The number of nitrogens with one attached hydrogen (secondary N) is 1. The van der Waals surface area contributed by atoms with Crippen LogP contribution in [0.4, 0.5) is 4.79 Å². The second-order valence-electron chi connectivity index (χ2n) is 9.90. The van der Waals surface area contributed by atoms with Crippen LogP contribution in [0.15, 0.2) is 6.33 Å². The van der Waals surface area contributed by atoms with Gasteiger partial charge in [0.1, 0.15) is 5.60 Å². The summed E-state index contributed by atoms with van der Waals surface area (Å²) in [5.41, 5.74) is 1.84. The van der Waals surface area contributed by atoms with Gasteiger partial charge in [0.25, 0.3) is 0 Å². The number of carbonyl (C=O) groups excluding carboxylic acids is 1. The molecule has 1 aromatic rings. The molecule has 146 valence electrons. The highest BCUT2D eigenvalue weighted by Crippen LogP contribution is 2.39. The molecule has 0 saturated carbocycles. The first-order valence-electron chi connectivity index (χ1n) is 9.76. The number of aromatic amines is 1. The SMILES string of the molecule is CC(C)(C)OC(=O)N1CCCC12CCN(Cc1[nH]cnc1C(C)(C)C)C2. The number of imidazole rings is 1. The minimum Gasteiger partial charge on any atom is -0.444 e. The molecule has 3 heterocycles. The monoisotopic (exact) mass is 362 g/mol. The average molecular weight is 363 g/mol. The van der Waals surface area contributed by atoms with Crippen molar-refractivity contribution in [3.05, 3.63) is 17.7 Å². The number of H-pyrrole nitrogens is 1. The molecular weight excluding hydrogens is 328 g/mol. The van der Waals surface area contributed by atoms with Crippen LogP contribution in [0.1, 0.15) is 72.2 Å². The maximum atomic E-state index is 12.7. The minimum absolute atomic E-state index is 0.0304. The van der Waals surface area contributed by atoms with Crippen LogP contribution in [0.2, 0.25) is 0 Å². The Balaban J connectivity index is 1.69. The Morgan fingerprint density at radius 3 is 2.62 bits per heavy atom. The van der Waals surface area contributed by atoms with E-state index in [4.69, 9.17) is 4.74 Å². The Bertz CT molecular complexity index is 656. The molecule has 2 saturated heterocycles. The van der Waals surface area contributed by atoms with E-state index in [-0.39, 0.29) is 17.0 Å². The lowest BCUT2D eigenvalue weighted by atomic mass is 9.90. The molecule has 1 unspecified atom stereocenters. The van der Waals surface area contributed by atoms with Crippen molar-refractivity contribution in [2.45, 2.75) is 83.9 Å². The van der Waals surface area contributed by atoms with E-state index in [9.17, 15) is 4.79 Å². The van der Waals surface area contributed by atoms with Gasteiger partial charge >= 0.3 is 6.09 Å². The molecule has 3 rings (SSSR count). The highest BCUT2D eigenvalue weighted by atomic mass is 16.6. The topological polar surface area (TPSA) is 61.5 Å². The second kappa shape index (κ2) is 6.55. The maximum absolute atomic E-state index is 12.7. The highest BCUT2D eigenvalue weighted by molar-refractivity contribution is 5.70. The lowest BCUT2D eigenvalue weighted by Gasteiger charge is -2.36. The molecule has 1 spiro atoms. The van der Waals surface area contributed by atoms with E-state index >= 15 is 0 Å². The third-order valence-electron chi connectivity index (χ3n) is 5.43. The van der Waals surface area contributed by atoms with Gasteiger partial charge in [0.2, 0.25) is 0 Å². The smallest absolute Gasteiger partial charge is 0.410 e. The zero-order valence-corrected chi connectivity index (χ0v) is 17.2. The maximum Gasteiger partial charge on any atom is 0.410 e. The lowest BCUT2D eigenvalue weighted by molar-refractivity contribution is 0.00913. The molecule has 1 N–H and O–H groups in total. The zero-order chi connectivity index (χ0) is 19.2. The highest BCUT2D eigenvalue weighted by Gasteiger charge is 2.49. The number of rotatable bonds is 2. The molecule has 26 heavy (non-hydrogen) atoms. The van der Waals surface area contributed by atoms with Gasteiger partial charge in [-0.15, -0.1) is 0 Å². The summed E-state index contributed by atoms with van der Waals surface area (Å²) in [7, 11) is 0. The fourth-order valence-electron chi connectivity index (χ4n) is 4.35. The summed E-state index contributed by atoms with van der Waals surface area (Å²) in [5, 5.41) is 0. The number of nitrogens with zero attached hydrogens (tertiary/aromatic N) is 3. The van der Waals surface area contributed by atoms with Gasteiger partial charge in [-0.05, 0) is 40.0 Å². The number of hydrogen-bond acceptors (Lipinski definition) is 4. The van der Waals surface area contributed by atoms with Gasteiger partial charge in [-0.3, -0.25) is 4.90 Å². The Labute approximate surface area is 157 Å². The predicted molar refractivity (Wildman–Crippen MR) is 102 cm³/mol. The lowest BCUT2D eigenvalue weighted by Crippen LogP contribution is -2.50. The molecule has 2 aliphatic heterocycles. The summed E-state index contributed by atoms with van der Waals surface area (Å²) in [6.07, 6.45) is 4.78. The number of amides is 1. The van der Waals surface area contributed by atoms with Gasteiger partial charge in [-0.25, -0.2) is 9.78 Å². The van der Waals surface area contributed by atoms with E-state index in [0.717, 1.165) is 51.1 Å². The van der Waals surface area contributed by atoms with E-state index in [1.165, 1.54) is 5.69 Å². The van der Waals surface area contributed by atoms with E-state index in [1.54, 1.807) is 6.33 Å². The fraction of sp³-hybridized carbons (Fsp3) is 0.800. The molecule has 2 fully saturated rings. The predicted octanol–water partition coefficient (Wildman–Crippen LogP) is 3.68. The Kier molecular flexibility index (Phi) is 4.84. The number of ether oxygens (including phenoxy) is 1. The van der Waals surface area contributed by atoms with E-state index in [1.807, 2.05) is 25.7 Å². The van der Waals surface area contributed by atoms with E-state index < -0.39 is 5.60 Å². The Morgan fingerprint density at radius 2 is 1.96 bits per heavy atom. The molecule has 6 heteroatoms. The summed E-state index contributed by atoms with van der Waals surface area (Å²) in [6, 6.07) is 0. The normalized spacial score (nSPS) is 24.6. The van der Waals surface area contributed by atoms with Gasteiger partial charge < -0.3 is 14.6 Å². The Morgan fingerprint density at radius 1 is 1.23 bits per heavy atom. The van der Waals surface area contributed by atoms with E-state index in [2.05, 4.69) is 35.6 Å². The van der Waals surface area contributed by atoms with Crippen molar-refractivity contribution < 1.29 is 9.53 Å². The summed E-state index contributed by atoms with van der Waals surface area (Å²) in [4.78, 5) is 25.0. The fourth-order valence-corrected chi connectivity index (χ4v) is 4.35. The van der Waals surface area contributed by atoms with Gasteiger partial charge in [-0.1, -0.05) is 20.8 Å². The molecular formula is C20H34N4O2. The van der Waals surface area contributed by atoms with E-state index in [0.29, 0.717) is 0 Å². The molecule has 0 radical (unpaired) electrons. The third-order valence-corrected chi connectivity index (χ3v) is 5.43. The third kappa shape index (κ3) is 3.90. The van der Waals surface area contributed by atoms with Crippen LogP contribution in [-0.2, 0) is 16.7 Å². The van der Waals surface area contributed by atoms with Crippen LogP contribution < -0.4 is 0 Å². The molecule has 1 aromatic heterocycles. The standard InChI is InChI=1S/C20H34N4O2/c1-18(2,3)16-15(21-14-22-16)12-23-11-9-20(13-23)8-7-10-24(20)17(25)26-19(4,5)6/h14H,7-13H2,1-6H3,(H,21,22). The van der Waals surface area contributed by atoms with Crippen molar-refractivity contribution in [3.8, 4) is 0 Å². The summed E-state index contributed by atoms with van der Waals surface area (Å²) >= 11 is 0. The first-order chi connectivity index (χ1) is 12.0. The van der Waals surface area contributed by atoms with Gasteiger partial charge in [0, 0.05) is 31.6 Å². The van der Waals surface area contributed by atoms with Crippen molar-refractivity contribution in [1.29, 1.82) is 0 Å². The van der Waals surface area contributed by atoms with Crippen LogP contribution in [-0.4, -0.2) is 56.6 Å². The molecule has 1 amide bonds. The summed E-state index contributed by atoms with van der Waals surface area (Å²) in [6.45, 7) is 16.0. The minimum atomic E-state index is -0.448. The number of hydrogen-bond donors (Lipinski definition) is 1. The first-order valence-corrected chi connectivity index (χ1v) is 9.76. The van der Waals surface area contributed by atoms with Crippen molar-refractivity contribution in [2.24, 2.45) is 0 Å². The van der Waals surface area contributed by atoms with Gasteiger partial charge in [0.15, 0.2) is 0 Å². The molecule has 0 bridgehead atoms. The summed E-state index contributed by atoms with van der Waals surface area (Å²) in [5.74, 6) is 0. The summed E-state index contributed by atoms with van der Waals surface area (Å²) < 4.78 is 5.67. The van der Waals surface area contributed by atoms with Crippen molar-refractivity contribution >= 4 is 6.09 Å². The Hall–Kier alpha value is -1.56. The van der Waals surface area contributed by atoms with Gasteiger partial charge in [0.05, 0.1) is 23.3 Å². The average Bonchev–Trinajstić information content (AvgIpc) is 3.18.